The van der Waals surface area contributed by atoms with Gasteiger partial charge in [-0.1, -0.05) is 11.6 Å². The van der Waals surface area contributed by atoms with Gasteiger partial charge in [-0.05, 0) is 30.3 Å². The summed E-state index contributed by atoms with van der Waals surface area (Å²) < 4.78 is 13.1. The molecule has 1 aliphatic heterocycles. The summed E-state index contributed by atoms with van der Waals surface area (Å²) in [4.78, 5) is 8.08. The van der Waals surface area contributed by atoms with E-state index in [1.54, 1.807) is 0 Å². The molecule has 1 aromatic heterocycles. The fourth-order valence-electron chi connectivity index (χ4n) is 2.46. The third-order valence-corrected chi connectivity index (χ3v) is 3.80. The van der Waals surface area contributed by atoms with E-state index in [1.807, 2.05) is 30.3 Å². The number of piperazine rings is 1. The molecular formula is C15H15ClFN3. The lowest BCUT2D eigenvalue weighted by atomic mass is 10.2. The van der Waals surface area contributed by atoms with Crippen molar-refractivity contribution in [3.63, 3.8) is 0 Å². The number of benzene rings is 1. The van der Waals surface area contributed by atoms with Crippen molar-refractivity contribution in [2.75, 3.05) is 36.0 Å². The SMILES string of the molecule is Fc1cc(N2CCN(c3ccc(Cl)cc3)CC2)ccn1. The fraction of sp³-hybridized carbons (Fsp3) is 0.267. The van der Waals surface area contributed by atoms with Crippen molar-refractivity contribution in [3.05, 3.63) is 53.6 Å². The normalized spacial score (nSPS) is 15.5. The molecule has 0 aliphatic carbocycles. The lowest BCUT2D eigenvalue weighted by Crippen LogP contribution is -2.46. The highest BCUT2D eigenvalue weighted by Gasteiger charge is 2.17. The van der Waals surface area contributed by atoms with Crippen LogP contribution in [0.1, 0.15) is 0 Å². The fourth-order valence-corrected chi connectivity index (χ4v) is 2.59. The van der Waals surface area contributed by atoms with Gasteiger partial charge in [-0.25, -0.2) is 4.98 Å². The van der Waals surface area contributed by atoms with Gasteiger partial charge in [0, 0.05) is 54.8 Å². The summed E-state index contributed by atoms with van der Waals surface area (Å²) in [7, 11) is 0. The van der Waals surface area contributed by atoms with Gasteiger partial charge in [-0.2, -0.15) is 4.39 Å². The van der Waals surface area contributed by atoms with Gasteiger partial charge < -0.3 is 9.80 Å². The second-order valence-electron chi connectivity index (χ2n) is 4.79. The van der Waals surface area contributed by atoms with Crippen molar-refractivity contribution in [1.29, 1.82) is 0 Å². The minimum absolute atomic E-state index is 0.428. The Kier molecular flexibility index (Phi) is 3.74. The zero-order valence-corrected chi connectivity index (χ0v) is 11.7. The summed E-state index contributed by atoms with van der Waals surface area (Å²) in [6.45, 7) is 3.55. The predicted octanol–water partition coefficient (Wildman–Crippen LogP) is 3.20. The number of nitrogens with zero attached hydrogens (tertiary/aromatic N) is 3. The van der Waals surface area contributed by atoms with E-state index in [4.69, 9.17) is 11.6 Å². The second-order valence-corrected chi connectivity index (χ2v) is 5.22. The topological polar surface area (TPSA) is 19.4 Å². The number of halogens is 2. The molecule has 1 saturated heterocycles. The van der Waals surface area contributed by atoms with Crippen molar-refractivity contribution in [3.8, 4) is 0 Å². The Bertz CT molecular complexity index is 580. The molecule has 20 heavy (non-hydrogen) atoms. The molecule has 1 aliphatic rings. The summed E-state index contributed by atoms with van der Waals surface area (Å²) >= 11 is 5.90. The van der Waals surface area contributed by atoms with Gasteiger partial charge in [0.05, 0.1) is 0 Å². The highest BCUT2D eigenvalue weighted by molar-refractivity contribution is 6.30. The lowest BCUT2D eigenvalue weighted by molar-refractivity contribution is 0.580. The number of hydrogen-bond donors (Lipinski definition) is 0. The average molecular weight is 292 g/mol. The third kappa shape index (κ3) is 2.85. The summed E-state index contributed by atoms with van der Waals surface area (Å²) in [6.07, 6.45) is 1.51. The molecule has 104 valence electrons. The molecule has 0 N–H and O–H groups in total. The van der Waals surface area contributed by atoms with Gasteiger partial charge in [0.15, 0.2) is 0 Å². The molecule has 2 aromatic rings. The molecule has 2 heterocycles. The lowest BCUT2D eigenvalue weighted by Gasteiger charge is -2.37. The minimum atomic E-state index is -0.428. The maximum Gasteiger partial charge on any atom is 0.214 e. The van der Waals surface area contributed by atoms with Crippen LogP contribution >= 0.6 is 11.6 Å². The first kappa shape index (κ1) is 13.2. The largest absolute Gasteiger partial charge is 0.368 e. The van der Waals surface area contributed by atoms with E-state index in [0.29, 0.717) is 0 Å². The molecule has 3 rings (SSSR count). The van der Waals surface area contributed by atoms with E-state index in [1.165, 1.54) is 18.0 Å². The van der Waals surface area contributed by atoms with Crippen LogP contribution in [0.2, 0.25) is 5.02 Å². The third-order valence-electron chi connectivity index (χ3n) is 3.55. The molecule has 0 saturated carbocycles. The van der Waals surface area contributed by atoms with Crippen LogP contribution in [0.3, 0.4) is 0 Å². The number of anilines is 2. The Labute approximate surface area is 122 Å². The van der Waals surface area contributed by atoms with E-state index >= 15 is 0 Å². The van der Waals surface area contributed by atoms with Gasteiger partial charge in [0.1, 0.15) is 0 Å². The van der Waals surface area contributed by atoms with Crippen molar-refractivity contribution in [2.45, 2.75) is 0 Å². The van der Waals surface area contributed by atoms with Crippen molar-refractivity contribution in [1.82, 2.24) is 4.98 Å². The predicted molar refractivity (Wildman–Crippen MR) is 80.1 cm³/mol. The Morgan fingerprint density at radius 3 is 2.10 bits per heavy atom. The highest BCUT2D eigenvalue weighted by atomic mass is 35.5. The first-order valence-electron chi connectivity index (χ1n) is 6.59. The first-order valence-corrected chi connectivity index (χ1v) is 6.97. The standard InChI is InChI=1S/C15H15ClFN3/c16-12-1-3-13(4-2-12)19-7-9-20(10-8-19)14-5-6-18-15(17)11-14/h1-6,11H,7-10H2. The molecule has 0 bridgehead atoms. The summed E-state index contributed by atoms with van der Waals surface area (Å²) in [5.74, 6) is -0.428. The van der Waals surface area contributed by atoms with Crippen molar-refractivity contribution < 1.29 is 4.39 Å². The van der Waals surface area contributed by atoms with E-state index in [0.717, 1.165) is 36.9 Å². The van der Waals surface area contributed by atoms with Crippen LogP contribution < -0.4 is 9.80 Å². The zero-order valence-electron chi connectivity index (χ0n) is 11.0. The molecule has 0 unspecified atom stereocenters. The van der Waals surface area contributed by atoms with E-state index < -0.39 is 5.95 Å². The second kappa shape index (κ2) is 5.67. The number of pyridine rings is 1. The Morgan fingerprint density at radius 2 is 1.50 bits per heavy atom. The zero-order chi connectivity index (χ0) is 13.9. The summed E-state index contributed by atoms with van der Waals surface area (Å²) in [5.41, 5.74) is 2.07. The summed E-state index contributed by atoms with van der Waals surface area (Å²) in [6, 6.07) is 11.2. The molecule has 0 amide bonds. The molecule has 0 atom stereocenters. The van der Waals surface area contributed by atoms with Crippen molar-refractivity contribution >= 4 is 23.0 Å². The van der Waals surface area contributed by atoms with Gasteiger partial charge >= 0.3 is 0 Å². The molecule has 3 nitrogen and oxygen atoms in total. The number of hydrogen-bond acceptors (Lipinski definition) is 3. The van der Waals surface area contributed by atoms with Gasteiger partial charge in [0.2, 0.25) is 5.95 Å². The van der Waals surface area contributed by atoms with E-state index in [9.17, 15) is 4.39 Å². The van der Waals surface area contributed by atoms with Crippen LogP contribution in [-0.4, -0.2) is 31.2 Å². The van der Waals surface area contributed by atoms with E-state index in [2.05, 4.69) is 14.8 Å². The van der Waals surface area contributed by atoms with Crippen LogP contribution in [-0.2, 0) is 0 Å². The summed E-state index contributed by atoms with van der Waals surface area (Å²) in [5, 5.41) is 0.750. The molecular weight excluding hydrogens is 277 g/mol. The van der Waals surface area contributed by atoms with Crippen LogP contribution in [0.5, 0.6) is 0 Å². The average Bonchev–Trinajstić information content (AvgIpc) is 2.48. The Hall–Kier alpha value is -1.81. The Morgan fingerprint density at radius 1 is 0.900 bits per heavy atom. The number of aromatic nitrogens is 1. The maximum atomic E-state index is 13.1. The molecule has 0 radical (unpaired) electrons. The van der Waals surface area contributed by atoms with Crippen LogP contribution in [0.15, 0.2) is 42.6 Å². The van der Waals surface area contributed by atoms with E-state index in [-0.39, 0.29) is 0 Å². The smallest absolute Gasteiger partial charge is 0.214 e. The van der Waals surface area contributed by atoms with Crippen molar-refractivity contribution in [2.24, 2.45) is 0 Å². The minimum Gasteiger partial charge on any atom is -0.368 e. The van der Waals surface area contributed by atoms with Gasteiger partial charge in [-0.3, -0.25) is 0 Å². The Balaban J connectivity index is 1.66. The van der Waals surface area contributed by atoms with Crippen LogP contribution in [0.25, 0.3) is 0 Å². The van der Waals surface area contributed by atoms with Crippen LogP contribution in [0.4, 0.5) is 15.8 Å². The molecule has 1 fully saturated rings. The van der Waals surface area contributed by atoms with Gasteiger partial charge in [-0.15, -0.1) is 0 Å². The quantitative estimate of drug-likeness (QED) is 0.792. The molecule has 1 aromatic carbocycles. The molecule has 5 heteroatoms. The molecule has 0 spiro atoms. The monoisotopic (exact) mass is 291 g/mol. The number of rotatable bonds is 2. The highest BCUT2D eigenvalue weighted by Crippen LogP contribution is 2.22. The van der Waals surface area contributed by atoms with Gasteiger partial charge in [0.25, 0.3) is 0 Å². The van der Waals surface area contributed by atoms with Crippen LogP contribution in [0, 0.1) is 5.95 Å². The maximum absolute atomic E-state index is 13.1. The first-order chi connectivity index (χ1) is 9.72.